The molecule has 0 saturated heterocycles. The van der Waals surface area contributed by atoms with Crippen LogP contribution in [-0.4, -0.2) is 34.5 Å². The number of hydrogen-bond donors (Lipinski definition) is 1. The van der Waals surface area contributed by atoms with Crippen molar-refractivity contribution >= 4 is 11.9 Å². The second kappa shape index (κ2) is 8.87. The van der Waals surface area contributed by atoms with E-state index in [1.54, 1.807) is 37.4 Å². The lowest BCUT2D eigenvalue weighted by Gasteiger charge is -2.26. The van der Waals surface area contributed by atoms with Gasteiger partial charge in [-0.1, -0.05) is 25.1 Å². The molecule has 0 bridgehead atoms. The Morgan fingerprint density at radius 2 is 1.91 bits per heavy atom. The van der Waals surface area contributed by atoms with E-state index in [0.717, 1.165) is 12.0 Å². The maximum atomic E-state index is 12.2. The van der Waals surface area contributed by atoms with Gasteiger partial charge in [-0.25, -0.2) is 4.79 Å². The molecule has 0 radical (unpaired) electrons. The van der Waals surface area contributed by atoms with E-state index >= 15 is 0 Å². The van der Waals surface area contributed by atoms with Crippen LogP contribution in [0.2, 0.25) is 0 Å². The zero-order valence-corrected chi connectivity index (χ0v) is 13.3. The van der Waals surface area contributed by atoms with Gasteiger partial charge in [-0.15, -0.1) is 0 Å². The molecule has 0 aliphatic heterocycles. The van der Waals surface area contributed by atoms with Gasteiger partial charge in [0.2, 0.25) is 5.91 Å². The second-order valence-corrected chi connectivity index (χ2v) is 4.86. The van der Waals surface area contributed by atoms with Gasteiger partial charge in [0.05, 0.1) is 6.61 Å². The standard InChI is InChI=1S/C17H23NO4/c1-4-6-11-18(13(3)19)16(17(21)22-5-2)12-14-7-9-15(20)10-8-14/h6-11,16,20H,4-5,12H2,1-3H3/t16-/m0/s1. The first-order chi connectivity index (χ1) is 10.5. The van der Waals surface area contributed by atoms with Crippen LogP contribution in [-0.2, 0) is 20.7 Å². The van der Waals surface area contributed by atoms with Gasteiger partial charge in [-0.05, 0) is 31.0 Å². The molecule has 0 fully saturated rings. The molecule has 0 unspecified atom stereocenters. The van der Waals surface area contributed by atoms with Crippen LogP contribution in [0.25, 0.3) is 0 Å². The highest BCUT2D eigenvalue weighted by Gasteiger charge is 2.28. The van der Waals surface area contributed by atoms with E-state index in [0.29, 0.717) is 6.42 Å². The average Bonchev–Trinajstić information content (AvgIpc) is 2.48. The number of phenolic OH excluding ortho intramolecular Hbond substituents is 1. The summed E-state index contributed by atoms with van der Waals surface area (Å²) >= 11 is 0. The topological polar surface area (TPSA) is 66.8 Å². The lowest BCUT2D eigenvalue weighted by atomic mass is 10.0. The summed E-state index contributed by atoms with van der Waals surface area (Å²) in [5.74, 6) is -0.501. The van der Waals surface area contributed by atoms with Crippen molar-refractivity contribution in [3.05, 3.63) is 42.1 Å². The Morgan fingerprint density at radius 1 is 1.27 bits per heavy atom. The number of rotatable bonds is 7. The van der Waals surface area contributed by atoms with Crippen LogP contribution in [0.3, 0.4) is 0 Å². The lowest BCUT2D eigenvalue weighted by molar-refractivity contribution is -0.152. The Bertz CT molecular complexity index is 522. The summed E-state index contributed by atoms with van der Waals surface area (Å²) in [5, 5.41) is 9.33. The van der Waals surface area contributed by atoms with Gasteiger partial charge in [0, 0.05) is 19.5 Å². The SMILES string of the molecule is CCC=CN(C(C)=O)[C@@H](Cc1ccc(O)cc1)C(=O)OCC. The van der Waals surface area contributed by atoms with Gasteiger partial charge in [0.25, 0.3) is 0 Å². The second-order valence-electron chi connectivity index (χ2n) is 4.86. The molecule has 0 aliphatic carbocycles. The Morgan fingerprint density at radius 3 is 2.41 bits per heavy atom. The summed E-state index contributed by atoms with van der Waals surface area (Å²) in [6.45, 7) is 5.36. The molecule has 1 atom stereocenters. The van der Waals surface area contributed by atoms with Crippen LogP contribution in [0.5, 0.6) is 5.75 Å². The smallest absolute Gasteiger partial charge is 0.329 e. The predicted octanol–water partition coefficient (Wildman–Crippen LogP) is 2.64. The Labute approximate surface area is 131 Å². The molecule has 22 heavy (non-hydrogen) atoms. The number of allylic oxidation sites excluding steroid dienone is 1. The maximum absolute atomic E-state index is 12.2. The van der Waals surface area contributed by atoms with E-state index in [9.17, 15) is 14.7 Å². The van der Waals surface area contributed by atoms with Gasteiger partial charge in [0.15, 0.2) is 0 Å². The third-order valence-electron chi connectivity index (χ3n) is 3.13. The molecule has 1 amide bonds. The largest absolute Gasteiger partial charge is 0.508 e. The molecule has 1 aromatic rings. The molecular weight excluding hydrogens is 282 g/mol. The van der Waals surface area contributed by atoms with Gasteiger partial charge in [0.1, 0.15) is 11.8 Å². The van der Waals surface area contributed by atoms with E-state index in [2.05, 4.69) is 0 Å². The van der Waals surface area contributed by atoms with E-state index < -0.39 is 12.0 Å². The van der Waals surface area contributed by atoms with Crippen molar-refractivity contribution in [3.63, 3.8) is 0 Å². The van der Waals surface area contributed by atoms with Gasteiger partial charge >= 0.3 is 5.97 Å². The summed E-state index contributed by atoms with van der Waals surface area (Å²) in [6, 6.07) is 5.84. The zero-order chi connectivity index (χ0) is 16.5. The number of phenols is 1. The number of esters is 1. The molecule has 0 saturated carbocycles. The average molecular weight is 305 g/mol. The molecule has 0 spiro atoms. The minimum atomic E-state index is -0.718. The molecule has 120 valence electrons. The fraction of sp³-hybridized carbons (Fsp3) is 0.412. The summed E-state index contributed by atoms with van der Waals surface area (Å²) in [4.78, 5) is 25.5. The van der Waals surface area contributed by atoms with E-state index in [1.807, 2.05) is 13.0 Å². The Balaban J connectivity index is 3.04. The van der Waals surface area contributed by atoms with Crippen LogP contribution >= 0.6 is 0 Å². The molecule has 1 N–H and O–H groups in total. The summed E-state index contributed by atoms with van der Waals surface area (Å²) in [7, 11) is 0. The zero-order valence-electron chi connectivity index (χ0n) is 13.3. The molecule has 1 aromatic carbocycles. The number of carbonyl (C=O) groups is 2. The van der Waals surface area contributed by atoms with Crippen molar-refractivity contribution < 1.29 is 19.4 Å². The van der Waals surface area contributed by atoms with Crippen molar-refractivity contribution in [2.45, 2.75) is 39.7 Å². The molecule has 5 heteroatoms. The molecule has 1 rings (SSSR count). The van der Waals surface area contributed by atoms with Gasteiger partial charge in [-0.3, -0.25) is 4.79 Å². The number of carbonyl (C=O) groups excluding carboxylic acids is 2. The van der Waals surface area contributed by atoms with Crippen molar-refractivity contribution in [2.24, 2.45) is 0 Å². The van der Waals surface area contributed by atoms with Crippen molar-refractivity contribution in [1.82, 2.24) is 4.90 Å². The van der Waals surface area contributed by atoms with Crippen LogP contribution < -0.4 is 0 Å². The minimum absolute atomic E-state index is 0.158. The highest BCUT2D eigenvalue weighted by Crippen LogP contribution is 2.15. The van der Waals surface area contributed by atoms with Crippen LogP contribution in [0.15, 0.2) is 36.5 Å². The first-order valence-electron chi connectivity index (χ1n) is 7.39. The molecule has 0 aromatic heterocycles. The van der Waals surface area contributed by atoms with Gasteiger partial charge in [-0.2, -0.15) is 0 Å². The fourth-order valence-electron chi connectivity index (χ4n) is 2.04. The lowest BCUT2D eigenvalue weighted by Crippen LogP contribution is -2.43. The van der Waals surface area contributed by atoms with E-state index in [-0.39, 0.29) is 18.3 Å². The first-order valence-corrected chi connectivity index (χ1v) is 7.39. The highest BCUT2D eigenvalue weighted by molar-refractivity contribution is 5.84. The predicted molar refractivity (Wildman–Crippen MR) is 84.2 cm³/mol. The number of amides is 1. The quantitative estimate of drug-likeness (QED) is 0.786. The monoisotopic (exact) mass is 305 g/mol. The van der Waals surface area contributed by atoms with Crippen LogP contribution in [0.4, 0.5) is 0 Å². The number of ether oxygens (including phenoxy) is 1. The summed E-state index contributed by atoms with van der Waals surface area (Å²) in [5.41, 5.74) is 0.840. The summed E-state index contributed by atoms with van der Waals surface area (Å²) < 4.78 is 5.09. The van der Waals surface area contributed by atoms with E-state index in [4.69, 9.17) is 4.74 Å². The van der Waals surface area contributed by atoms with Crippen molar-refractivity contribution in [2.75, 3.05) is 6.61 Å². The highest BCUT2D eigenvalue weighted by atomic mass is 16.5. The normalized spacial score (nSPS) is 12.1. The van der Waals surface area contributed by atoms with Crippen molar-refractivity contribution in [3.8, 4) is 5.75 Å². The molecule has 5 nitrogen and oxygen atoms in total. The van der Waals surface area contributed by atoms with Crippen molar-refractivity contribution in [1.29, 1.82) is 0 Å². The number of aromatic hydroxyl groups is 1. The number of hydrogen-bond acceptors (Lipinski definition) is 4. The van der Waals surface area contributed by atoms with Crippen LogP contribution in [0, 0.1) is 0 Å². The molecule has 0 aliphatic rings. The number of nitrogens with zero attached hydrogens (tertiary/aromatic N) is 1. The fourth-order valence-corrected chi connectivity index (χ4v) is 2.04. The van der Waals surface area contributed by atoms with Crippen LogP contribution in [0.1, 0.15) is 32.8 Å². The Kier molecular flexibility index (Phi) is 7.16. The molecule has 0 heterocycles. The van der Waals surface area contributed by atoms with E-state index in [1.165, 1.54) is 11.8 Å². The molecular formula is C17H23NO4. The minimum Gasteiger partial charge on any atom is -0.508 e. The maximum Gasteiger partial charge on any atom is 0.329 e. The summed E-state index contributed by atoms with van der Waals surface area (Å²) in [6.07, 6.45) is 4.54. The first kappa shape index (κ1) is 17.8. The van der Waals surface area contributed by atoms with Gasteiger partial charge < -0.3 is 14.7 Å². The third kappa shape index (κ3) is 5.24. The number of benzene rings is 1. The Hall–Kier alpha value is -2.30. The third-order valence-corrected chi connectivity index (χ3v) is 3.13.